The van der Waals surface area contributed by atoms with Crippen LogP contribution in [0.3, 0.4) is 0 Å². The molecule has 27 heavy (non-hydrogen) atoms. The van der Waals surface area contributed by atoms with Gasteiger partial charge in [-0.2, -0.15) is 0 Å². The Morgan fingerprint density at radius 1 is 1.11 bits per heavy atom. The third-order valence-electron chi connectivity index (χ3n) is 4.21. The highest BCUT2D eigenvalue weighted by Gasteiger charge is 2.18. The number of rotatable bonds is 8. The highest BCUT2D eigenvalue weighted by Crippen LogP contribution is 2.18. The summed E-state index contributed by atoms with van der Waals surface area (Å²) in [6, 6.07) is 12.4. The molecule has 2 aromatic carbocycles. The second-order valence-corrected chi connectivity index (χ2v) is 8.68. The fourth-order valence-electron chi connectivity index (χ4n) is 2.63. The van der Waals surface area contributed by atoms with E-state index in [0.717, 1.165) is 11.1 Å². The molecule has 146 valence electrons. The Balaban J connectivity index is 1.89. The van der Waals surface area contributed by atoms with Crippen molar-refractivity contribution in [3.63, 3.8) is 0 Å². The average Bonchev–Trinajstić information content (AvgIpc) is 2.62. The molecule has 0 aromatic heterocycles. The van der Waals surface area contributed by atoms with Crippen LogP contribution in [0.4, 0.5) is 5.69 Å². The maximum absolute atomic E-state index is 12.6. The minimum Gasteiger partial charge on any atom is -0.497 e. The van der Waals surface area contributed by atoms with Crippen LogP contribution in [-0.4, -0.2) is 52.2 Å². The number of anilines is 1. The van der Waals surface area contributed by atoms with Gasteiger partial charge >= 0.3 is 0 Å². The summed E-state index contributed by atoms with van der Waals surface area (Å²) < 4.78 is 30.3. The highest BCUT2D eigenvalue weighted by atomic mass is 32.2. The van der Waals surface area contributed by atoms with Gasteiger partial charge in [-0.3, -0.25) is 9.69 Å². The van der Waals surface area contributed by atoms with Gasteiger partial charge in [-0.25, -0.2) is 8.42 Å². The first-order chi connectivity index (χ1) is 12.7. The van der Waals surface area contributed by atoms with Crippen LogP contribution in [0.1, 0.15) is 11.1 Å². The van der Waals surface area contributed by atoms with Gasteiger partial charge in [-0.1, -0.05) is 12.1 Å². The number of carbonyl (C=O) groups excluding carboxylic acids is 1. The van der Waals surface area contributed by atoms with Crippen molar-refractivity contribution in [2.24, 2.45) is 0 Å². The van der Waals surface area contributed by atoms with E-state index in [4.69, 9.17) is 4.74 Å². The van der Waals surface area contributed by atoms with Gasteiger partial charge in [-0.15, -0.1) is 0 Å². The summed E-state index contributed by atoms with van der Waals surface area (Å²) in [5.74, 6) is 0.470. The van der Waals surface area contributed by atoms with Crippen LogP contribution in [-0.2, 0) is 14.6 Å². The number of benzene rings is 2. The molecule has 2 rings (SSSR count). The van der Waals surface area contributed by atoms with E-state index in [1.54, 1.807) is 56.3 Å². The number of hydrogen-bond acceptors (Lipinski definition) is 5. The standard InChI is InChI=1S/C20H26N2O4S/c1-15-5-6-16(2)19(13-15)27(24,25)12-11-22(3)14-20(23)21-17-7-9-18(26-4)10-8-17/h5-10,13H,11-12,14H2,1-4H3,(H,21,23). The monoisotopic (exact) mass is 390 g/mol. The van der Waals surface area contributed by atoms with Crippen molar-refractivity contribution < 1.29 is 17.9 Å². The third kappa shape index (κ3) is 6.08. The zero-order valence-corrected chi connectivity index (χ0v) is 17.0. The molecule has 1 N–H and O–H groups in total. The molecule has 0 fully saturated rings. The van der Waals surface area contributed by atoms with Crippen LogP contribution < -0.4 is 10.1 Å². The first kappa shape index (κ1) is 20.9. The topological polar surface area (TPSA) is 75.7 Å². The van der Waals surface area contributed by atoms with Crippen molar-refractivity contribution in [1.82, 2.24) is 4.90 Å². The van der Waals surface area contributed by atoms with E-state index < -0.39 is 9.84 Å². The van der Waals surface area contributed by atoms with Gasteiger partial charge in [0.05, 0.1) is 24.3 Å². The van der Waals surface area contributed by atoms with Gasteiger partial charge in [0.25, 0.3) is 0 Å². The Bertz CT molecular complexity index is 893. The number of nitrogens with one attached hydrogen (secondary N) is 1. The third-order valence-corrected chi connectivity index (χ3v) is 6.04. The van der Waals surface area contributed by atoms with Crippen LogP contribution in [0.25, 0.3) is 0 Å². The minimum absolute atomic E-state index is 0.0381. The molecule has 0 spiro atoms. The number of methoxy groups -OCH3 is 1. The molecular weight excluding hydrogens is 364 g/mol. The Morgan fingerprint density at radius 3 is 2.41 bits per heavy atom. The summed E-state index contributed by atoms with van der Waals surface area (Å²) in [6.07, 6.45) is 0. The fraction of sp³-hybridized carbons (Fsp3) is 0.350. The summed E-state index contributed by atoms with van der Waals surface area (Å²) in [6.45, 7) is 4.03. The smallest absolute Gasteiger partial charge is 0.238 e. The van der Waals surface area contributed by atoms with Gasteiger partial charge < -0.3 is 10.1 Å². The van der Waals surface area contributed by atoms with E-state index in [2.05, 4.69) is 5.32 Å². The predicted molar refractivity (Wildman–Crippen MR) is 107 cm³/mol. The number of amides is 1. The van der Waals surface area contributed by atoms with E-state index in [9.17, 15) is 13.2 Å². The SMILES string of the molecule is COc1ccc(NC(=O)CN(C)CCS(=O)(=O)c2cc(C)ccc2C)cc1. The molecule has 0 saturated carbocycles. The molecular formula is C20H26N2O4S. The van der Waals surface area contributed by atoms with Crippen molar-refractivity contribution in [1.29, 1.82) is 0 Å². The quantitative estimate of drug-likeness (QED) is 0.750. The molecule has 0 aliphatic carbocycles. The lowest BCUT2D eigenvalue weighted by Crippen LogP contribution is -2.33. The van der Waals surface area contributed by atoms with E-state index in [1.807, 2.05) is 19.1 Å². The van der Waals surface area contributed by atoms with Crippen LogP contribution in [0.5, 0.6) is 5.75 Å². The van der Waals surface area contributed by atoms with Crippen molar-refractivity contribution in [2.75, 3.05) is 38.3 Å². The van der Waals surface area contributed by atoms with E-state index in [1.165, 1.54) is 0 Å². The Hall–Kier alpha value is -2.38. The number of likely N-dealkylation sites (N-methyl/N-ethyl adjacent to an activating group) is 1. The Labute approximate surface area is 161 Å². The maximum atomic E-state index is 12.6. The van der Waals surface area contributed by atoms with Gasteiger partial charge in [0.15, 0.2) is 9.84 Å². The normalized spacial score (nSPS) is 11.4. The Kier molecular flexibility index (Phi) is 6.98. The highest BCUT2D eigenvalue weighted by molar-refractivity contribution is 7.91. The molecule has 0 saturated heterocycles. The number of hydrogen-bond donors (Lipinski definition) is 1. The van der Waals surface area contributed by atoms with E-state index in [-0.39, 0.29) is 24.7 Å². The molecule has 2 aromatic rings. The second kappa shape index (κ2) is 9.01. The van der Waals surface area contributed by atoms with E-state index >= 15 is 0 Å². The molecule has 0 unspecified atom stereocenters. The predicted octanol–water partition coefficient (Wildman–Crippen LogP) is 2.66. The molecule has 1 amide bonds. The number of nitrogens with zero attached hydrogens (tertiary/aromatic N) is 1. The molecule has 0 bridgehead atoms. The molecule has 6 nitrogen and oxygen atoms in total. The Morgan fingerprint density at radius 2 is 1.78 bits per heavy atom. The first-order valence-corrected chi connectivity index (χ1v) is 10.3. The fourth-order valence-corrected chi connectivity index (χ4v) is 4.32. The van der Waals surface area contributed by atoms with Crippen LogP contribution in [0.2, 0.25) is 0 Å². The number of sulfone groups is 1. The van der Waals surface area contributed by atoms with Crippen molar-refractivity contribution in [3.05, 3.63) is 53.6 Å². The molecule has 7 heteroatoms. The van der Waals surface area contributed by atoms with Gasteiger partial charge in [-0.05, 0) is 62.4 Å². The first-order valence-electron chi connectivity index (χ1n) is 8.64. The molecule has 0 atom stereocenters. The van der Waals surface area contributed by atoms with Gasteiger partial charge in [0.2, 0.25) is 5.91 Å². The zero-order chi connectivity index (χ0) is 20.0. The lowest BCUT2D eigenvalue weighted by molar-refractivity contribution is -0.117. The minimum atomic E-state index is -3.40. The van der Waals surface area contributed by atoms with Crippen molar-refractivity contribution in [3.8, 4) is 5.75 Å². The average molecular weight is 391 g/mol. The van der Waals surface area contributed by atoms with Gasteiger partial charge in [0, 0.05) is 12.2 Å². The van der Waals surface area contributed by atoms with Crippen molar-refractivity contribution in [2.45, 2.75) is 18.7 Å². The summed E-state index contributed by atoms with van der Waals surface area (Å²) in [5.41, 5.74) is 2.31. The number of aryl methyl sites for hydroxylation is 2. The number of ether oxygens (including phenoxy) is 1. The maximum Gasteiger partial charge on any atom is 0.238 e. The summed E-state index contributed by atoms with van der Waals surface area (Å²) >= 11 is 0. The second-order valence-electron chi connectivity index (χ2n) is 6.60. The van der Waals surface area contributed by atoms with Crippen LogP contribution >= 0.6 is 0 Å². The lowest BCUT2D eigenvalue weighted by atomic mass is 10.2. The number of carbonyl (C=O) groups is 1. The molecule has 0 radical (unpaired) electrons. The van der Waals surface area contributed by atoms with Crippen LogP contribution in [0, 0.1) is 13.8 Å². The zero-order valence-electron chi connectivity index (χ0n) is 16.2. The summed E-state index contributed by atoms with van der Waals surface area (Å²) in [5, 5.41) is 2.78. The molecule has 0 aliphatic heterocycles. The van der Waals surface area contributed by atoms with Crippen molar-refractivity contribution >= 4 is 21.4 Å². The largest absolute Gasteiger partial charge is 0.497 e. The van der Waals surface area contributed by atoms with E-state index in [0.29, 0.717) is 16.3 Å². The molecule has 0 aliphatic rings. The van der Waals surface area contributed by atoms with Gasteiger partial charge in [0.1, 0.15) is 5.75 Å². The summed E-state index contributed by atoms with van der Waals surface area (Å²) in [4.78, 5) is 14.2. The van der Waals surface area contributed by atoms with Crippen LogP contribution in [0.15, 0.2) is 47.4 Å². The summed E-state index contributed by atoms with van der Waals surface area (Å²) in [7, 11) is -0.0915. The molecule has 0 heterocycles. The lowest BCUT2D eigenvalue weighted by Gasteiger charge is -2.17.